The van der Waals surface area contributed by atoms with E-state index in [0.29, 0.717) is 5.52 Å². The maximum atomic E-state index is 10.9. The van der Waals surface area contributed by atoms with Crippen LogP contribution in [0.15, 0.2) is 18.2 Å². The maximum absolute atomic E-state index is 10.9. The molecule has 2 aromatic rings. The minimum Gasteiger partial charge on any atom is -0.476 e. The van der Waals surface area contributed by atoms with Gasteiger partial charge in [0.25, 0.3) is 0 Å². The summed E-state index contributed by atoms with van der Waals surface area (Å²) in [6.45, 7) is 0. The van der Waals surface area contributed by atoms with E-state index < -0.39 is 24.1 Å². The number of hydrogen-bond acceptors (Lipinski definition) is 5. The van der Waals surface area contributed by atoms with Crippen LogP contribution in [0, 0.1) is 0 Å². The summed E-state index contributed by atoms with van der Waals surface area (Å²) in [5, 5.41) is 34.5. The number of primary amides is 1. The Balaban J connectivity index is 2.48. The summed E-state index contributed by atoms with van der Waals surface area (Å²) in [7, 11) is 0. The molecule has 8 heteroatoms. The molecule has 1 heterocycles. The van der Waals surface area contributed by atoms with Crippen molar-refractivity contribution in [1.82, 2.24) is 10.2 Å². The number of nitrogens with one attached hydrogen (secondary N) is 1. The average Bonchev–Trinajstić information content (AvgIpc) is 2.79. The van der Waals surface area contributed by atoms with Crippen LogP contribution in [0.3, 0.4) is 0 Å². The number of H-pyrrole nitrogens is 1. The fourth-order valence-electron chi connectivity index (χ4n) is 1.72. The Morgan fingerprint density at radius 3 is 2.58 bits per heavy atom. The van der Waals surface area contributed by atoms with Gasteiger partial charge in [-0.2, -0.15) is 5.10 Å². The summed E-state index contributed by atoms with van der Waals surface area (Å²) in [5.41, 5.74) is 5.30. The number of carbonyl (C=O) groups is 2. The van der Waals surface area contributed by atoms with Crippen LogP contribution in [-0.2, 0) is 4.79 Å². The molecule has 0 aliphatic heterocycles. The largest absolute Gasteiger partial charge is 0.476 e. The molecular formula is C11H11N3O5. The third-order valence-electron chi connectivity index (χ3n) is 2.72. The second-order valence-corrected chi connectivity index (χ2v) is 3.97. The fraction of sp³-hybridized carbons (Fsp3) is 0.182. The van der Waals surface area contributed by atoms with Crippen LogP contribution >= 0.6 is 0 Å². The number of carboxylic acid groups (broad SMARTS) is 1. The van der Waals surface area contributed by atoms with Gasteiger partial charge in [-0.15, -0.1) is 0 Å². The molecule has 8 nitrogen and oxygen atoms in total. The van der Waals surface area contributed by atoms with E-state index >= 15 is 0 Å². The highest BCUT2D eigenvalue weighted by atomic mass is 16.4. The van der Waals surface area contributed by atoms with Crippen molar-refractivity contribution in [2.45, 2.75) is 12.2 Å². The first-order chi connectivity index (χ1) is 8.91. The topological polar surface area (TPSA) is 150 Å². The number of rotatable bonds is 4. The first-order valence-electron chi connectivity index (χ1n) is 5.28. The molecule has 0 saturated heterocycles. The SMILES string of the molecule is NC(=O)C(O)C(O)c1ccc2[nH]nc(C(=O)O)c2c1. The van der Waals surface area contributed by atoms with Crippen molar-refractivity contribution in [3.8, 4) is 0 Å². The highest BCUT2D eigenvalue weighted by molar-refractivity contribution is 6.01. The van der Waals surface area contributed by atoms with Gasteiger partial charge < -0.3 is 21.1 Å². The number of nitrogens with zero attached hydrogens (tertiary/aromatic N) is 1. The summed E-state index contributed by atoms with van der Waals surface area (Å²) in [5.74, 6) is -2.30. The lowest BCUT2D eigenvalue weighted by molar-refractivity contribution is -0.131. The van der Waals surface area contributed by atoms with Crippen LogP contribution in [0.5, 0.6) is 0 Å². The van der Waals surface area contributed by atoms with Crippen molar-refractivity contribution < 1.29 is 24.9 Å². The van der Waals surface area contributed by atoms with E-state index in [4.69, 9.17) is 10.8 Å². The molecule has 0 radical (unpaired) electrons. The van der Waals surface area contributed by atoms with Gasteiger partial charge in [-0.1, -0.05) is 6.07 Å². The van der Waals surface area contributed by atoms with Gasteiger partial charge in [0.2, 0.25) is 5.91 Å². The molecule has 19 heavy (non-hydrogen) atoms. The second kappa shape index (κ2) is 4.67. The van der Waals surface area contributed by atoms with Crippen molar-refractivity contribution in [3.05, 3.63) is 29.5 Å². The Labute approximate surface area is 106 Å². The Morgan fingerprint density at radius 1 is 1.32 bits per heavy atom. The number of aromatic amines is 1. The number of aliphatic hydroxyl groups is 2. The molecule has 0 saturated carbocycles. The normalized spacial score (nSPS) is 14.2. The first-order valence-corrected chi connectivity index (χ1v) is 5.28. The van der Waals surface area contributed by atoms with E-state index in [1.165, 1.54) is 18.2 Å². The summed E-state index contributed by atoms with van der Waals surface area (Å²) < 4.78 is 0. The number of aliphatic hydroxyl groups excluding tert-OH is 2. The number of nitrogens with two attached hydrogens (primary N) is 1. The molecule has 0 bridgehead atoms. The van der Waals surface area contributed by atoms with Crippen LogP contribution < -0.4 is 5.73 Å². The highest BCUT2D eigenvalue weighted by Gasteiger charge is 2.24. The molecule has 0 aliphatic carbocycles. The van der Waals surface area contributed by atoms with Crippen molar-refractivity contribution in [3.63, 3.8) is 0 Å². The predicted octanol–water partition coefficient (Wildman–Crippen LogP) is -0.859. The van der Waals surface area contributed by atoms with Crippen LogP contribution in [-0.4, -0.2) is 43.5 Å². The van der Waals surface area contributed by atoms with Gasteiger partial charge in [-0.3, -0.25) is 9.89 Å². The van der Waals surface area contributed by atoms with Crippen LogP contribution in [0.25, 0.3) is 10.9 Å². The maximum Gasteiger partial charge on any atom is 0.357 e. The van der Waals surface area contributed by atoms with E-state index in [-0.39, 0.29) is 16.6 Å². The molecule has 2 rings (SSSR count). The van der Waals surface area contributed by atoms with Crippen molar-refractivity contribution in [2.24, 2.45) is 5.73 Å². The number of fused-ring (bicyclic) bond motifs is 1. The number of aromatic nitrogens is 2. The molecule has 0 aliphatic rings. The lowest BCUT2D eigenvalue weighted by atomic mass is 10.0. The quantitative estimate of drug-likeness (QED) is 0.485. The number of carbonyl (C=O) groups excluding carboxylic acids is 1. The van der Waals surface area contributed by atoms with Crippen molar-refractivity contribution in [1.29, 1.82) is 0 Å². The number of aromatic carboxylic acids is 1. The smallest absolute Gasteiger partial charge is 0.357 e. The molecule has 2 unspecified atom stereocenters. The Kier molecular flexibility index (Phi) is 3.19. The van der Waals surface area contributed by atoms with E-state index in [0.717, 1.165) is 0 Å². The molecule has 0 spiro atoms. The van der Waals surface area contributed by atoms with Gasteiger partial charge in [0.1, 0.15) is 6.10 Å². The zero-order valence-corrected chi connectivity index (χ0v) is 9.57. The number of benzene rings is 1. The minimum atomic E-state index is -1.77. The molecule has 1 aromatic heterocycles. The van der Waals surface area contributed by atoms with Crippen LogP contribution in [0.1, 0.15) is 22.2 Å². The Morgan fingerprint density at radius 2 is 2.00 bits per heavy atom. The van der Waals surface area contributed by atoms with E-state index in [1.807, 2.05) is 0 Å². The zero-order chi connectivity index (χ0) is 14.2. The standard InChI is InChI=1S/C11H11N3O5/c12-10(17)9(16)8(15)4-1-2-6-5(3-4)7(11(18)19)14-13-6/h1-3,8-9,15-16H,(H2,12,17)(H,13,14)(H,18,19). The molecule has 100 valence electrons. The zero-order valence-electron chi connectivity index (χ0n) is 9.57. The lowest BCUT2D eigenvalue weighted by Crippen LogP contribution is -2.33. The molecule has 1 amide bonds. The molecular weight excluding hydrogens is 254 g/mol. The third-order valence-corrected chi connectivity index (χ3v) is 2.72. The predicted molar refractivity (Wildman–Crippen MR) is 63.2 cm³/mol. The van der Waals surface area contributed by atoms with Crippen LogP contribution in [0.2, 0.25) is 0 Å². The molecule has 0 fully saturated rings. The van der Waals surface area contributed by atoms with Gasteiger partial charge in [0.15, 0.2) is 11.8 Å². The van der Waals surface area contributed by atoms with Gasteiger partial charge in [-0.05, 0) is 17.7 Å². The Bertz CT molecular complexity index is 651. The van der Waals surface area contributed by atoms with Gasteiger partial charge >= 0.3 is 5.97 Å². The second-order valence-electron chi connectivity index (χ2n) is 3.97. The summed E-state index contributed by atoms with van der Waals surface area (Å²) in [6, 6.07) is 4.25. The summed E-state index contributed by atoms with van der Waals surface area (Å²) >= 11 is 0. The summed E-state index contributed by atoms with van der Waals surface area (Å²) in [6.07, 6.45) is -3.30. The van der Waals surface area contributed by atoms with Gasteiger partial charge in [0, 0.05) is 5.39 Å². The van der Waals surface area contributed by atoms with Crippen LogP contribution in [0.4, 0.5) is 0 Å². The molecule has 6 N–H and O–H groups in total. The van der Waals surface area contributed by atoms with E-state index in [1.54, 1.807) is 0 Å². The van der Waals surface area contributed by atoms with Gasteiger partial charge in [0.05, 0.1) is 5.52 Å². The number of hydrogen-bond donors (Lipinski definition) is 5. The van der Waals surface area contributed by atoms with Gasteiger partial charge in [-0.25, -0.2) is 4.79 Å². The first kappa shape index (κ1) is 13.0. The van der Waals surface area contributed by atoms with E-state index in [2.05, 4.69) is 10.2 Å². The van der Waals surface area contributed by atoms with E-state index in [9.17, 15) is 19.8 Å². The minimum absolute atomic E-state index is 0.169. The summed E-state index contributed by atoms with van der Waals surface area (Å²) in [4.78, 5) is 21.7. The number of carboxylic acids is 1. The number of amides is 1. The fourth-order valence-corrected chi connectivity index (χ4v) is 1.72. The monoisotopic (exact) mass is 265 g/mol. The third kappa shape index (κ3) is 2.26. The molecule has 1 aromatic carbocycles. The van der Waals surface area contributed by atoms with Crippen molar-refractivity contribution >= 4 is 22.8 Å². The highest BCUT2D eigenvalue weighted by Crippen LogP contribution is 2.23. The van der Waals surface area contributed by atoms with Crippen molar-refractivity contribution in [2.75, 3.05) is 0 Å². The Hall–Kier alpha value is -2.45. The lowest BCUT2D eigenvalue weighted by Gasteiger charge is -2.15. The molecule has 2 atom stereocenters. The average molecular weight is 265 g/mol.